The molecule has 0 saturated heterocycles. The summed E-state index contributed by atoms with van der Waals surface area (Å²) >= 11 is 4.98. The lowest BCUT2D eigenvalue weighted by Crippen LogP contribution is -1.87. The van der Waals surface area contributed by atoms with Crippen LogP contribution in [-0.4, -0.2) is 11.3 Å². The second kappa shape index (κ2) is 5.67. The molecule has 0 bridgehead atoms. The van der Waals surface area contributed by atoms with Gasteiger partial charge >= 0.3 is 0 Å². The normalized spacial score (nSPS) is 10.4. The fourth-order valence-electron chi connectivity index (χ4n) is 1.64. The Kier molecular flexibility index (Phi) is 4.19. The number of pyridine rings is 1. The average molecular weight is 322 g/mol. The summed E-state index contributed by atoms with van der Waals surface area (Å²) in [6, 6.07) is 9.78. The molecule has 0 fully saturated rings. The van der Waals surface area contributed by atoms with E-state index in [1.54, 1.807) is 11.8 Å². The van der Waals surface area contributed by atoms with Gasteiger partial charge in [0, 0.05) is 20.6 Å². The van der Waals surface area contributed by atoms with Crippen LogP contribution in [0.1, 0.15) is 21.6 Å². The minimum Gasteiger partial charge on any atom is -0.298 e. The lowest BCUT2D eigenvalue weighted by Gasteiger charge is -2.05. The Labute approximate surface area is 119 Å². The summed E-state index contributed by atoms with van der Waals surface area (Å²) < 4.78 is 0.812. The molecule has 0 aliphatic heterocycles. The van der Waals surface area contributed by atoms with Gasteiger partial charge in [-0.25, -0.2) is 4.98 Å². The first-order chi connectivity index (χ1) is 8.58. The van der Waals surface area contributed by atoms with Gasteiger partial charge in [0.15, 0.2) is 6.29 Å². The highest BCUT2D eigenvalue weighted by atomic mass is 79.9. The highest BCUT2D eigenvalue weighted by Crippen LogP contribution is 2.30. The van der Waals surface area contributed by atoms with E-state index in [9.17, 15) is 4.79 Å². The molecule has 0 saturated carbocycles. The maximum absolute atomic E-state index is 10.7. The van der Waals surface area contributed by atoms with Crippen molar-refractivity contribution < 1.29 is 4.79 Å². The van der Waals surface area contributed by atoms with Gasteiger partial charge in [-0.15, -0.1) is 0 Å². The summed E-state index contributed by atoms with van der Waals surface area (Å²) in [5, 5.41) is 0.971. The number of aryl methyl sites for hydroxylation is 2. The lowest BCUT2D eigenvalue weighted by atomic mass is 10.2. The van der Waals surface area contributed by atoms with Crippen molar-refractivity contribution in [3.05, 3.63) is 51.6 Å². The van der Waals surface area contributed by atoms with Gasteiger partial charge < -0.3 is 0 Å². The zero-order valence-electron chi connectivity index (χ0n) is 10.1. The van der Waals surface area contributed by atoms with Gasteiger partial charge in [0.1, 0.15) is 5.03 Å². The molecule has 1 aromatic heterocycles. The fraction of sp³-hybridized carbons (Fsp3) is 0.143. The highest BCUT2D eigenvalue weighted by Gasteiger charge is 2.04. The number of aldehydes is 1. The van der Waals surface area contributed by atoms with Gasteiger partial charge in [-0.2, -0.15) is 0 Å². The summed E-state index contributed by atoms with van der Waals surface area (Å²) in [6.07, 6.45) is 0.841. The number of benzene rings is 1. The highest BCUT2D eigenvalue weighted by molar-refractivity contribution is 9.10. The largest absolute Gasteiger partial charge is 0.298 e. The van der Waals surface area contributed by atoms with E-state index in [0.717, 1.165) is 26.4 Å². The predicted octanol–water partition coefficient (Wildman–Crippen LogP) is 4.42. The first kappa shape index (κ1) is 13.3. The molecule has 1 aromatic carbocycles. The zero-order chi connectivity index (χ0) is 13.1. The van der Waals surface area contributed by atoms with Crippen molar-refractivity contribution in [2.75, 3.05) is 0 Å². The van der Waals surface area contributed by atoms with Crippen LogP contribution in [0.3, 0.4) is 0 Å². The van der Waals surface area contributed by atoms with Gasteiger partial charge in [0.2, 0.25) is 0 Å². The van der Waals surface area contributed by atoms with Gasteiger partial charge in [0.05, 0.1) is 0 Å². The molecule has 18 heavy (non-hydrogen) atoms. The summed E-state index contributed by atoms with van der Waals surface area (Å²) in [5.41, 5.74) is 2.88. The lowest BCUT2D eigenvalue weighted by molar-refractivity contribution is 0.112. The van der Waals surface area contributed by atoms with Crippen LogP contribution >= 0.6 is 27.7 Å². The van der Waals surface area contributed by atoms with Crippen LogP contribution in [0.2, 0.25) is 0 Å². The number of hydrogen-bond donors (Lipinski definition) is 0. The third-order valence-corrected chi connectivity index (χ3v) is 3.99. The first-order valence-electron chi connectivity index (χ1n) is 5.46. The number of carbonyl (C=O) groups excluding carboxylic acids is 1. The molecule has 0 amide bonds. The van der Waals surface area contributed by atoms with Crippen LogP contribution < -0.4 is 0 Å². The van der Waals surface area contributed by atoms with E-state index in [2.05, 4.69) is 40.0 Å². The van der Waals surface area contributed by atoms with E-state index in [-0.39, 0.29) is 0 Å². The van der Waals surface area contributed by atoms with E-state index in [4.69, 9.17) is 0 Å². The molecule has 0 spiro atoms. The van der Waals surface area contributed by atoms with E-state index in [0.29, 0.717) is 5.56 Å². The smallest absolute Gasteiger partial charge is 0.151 e. The van der Waals surface area contributed by atoms with Crippen molar-refractivity contribution in [2.24, 2.45) is 0 Å². The number of rotatable bonds is 3. The molecule has 0 unspecified atom stereocenters. The van der Waals surface area contributed by atoms with Crippen molar-refractivity contribution in [3.8, 4) is 0 Å². The summed E-state index contributed by atoms with van der Waals surface area (Å²) in [5.74, 6) is 0. The third-order valence-electron chi connectivity index (χ3n) is 2.40. The van der Waals surface area contributed by atoms with E-state index >= 15 is 0 Å². The Morgan fingerprint density at radius 3 is 2.61 bits per heavy atom. The molecule has 2 aromatic rings. The molecule has 0 N–H and O–H groups in total. The number of aromatic nitrogens is 1. The maximum atomic E-state index is 10.7. The van der Waals surface area contributed by atoms with Crippen LogP contribution in [0.5, 0.6) is 0 Å². The van der Waals surface area contributed by atoms with Crippen molar-refractivity contribution in [3.63, 3.8) is 0 Å². The zero-order valence-corrected chi connectivity index (χ0v) is 12.5. The minimum atomic E-state index is 0.660. The third kappa shape index (κ3) is 3.21. The van der Waals surface area contributed by atoms with Crippen LogP contribution in [-0.2, 0) is 0 Å². The van der Waals surface area contributed by atoms with Gasteiger partial charge in [-0.3, -0.25) is 4.79 Å². The Morgan fingerprint density at radius 1 is 1.22 bits per heavy atom. The molecule has 4 heteroatoms. The summed E-state index contributed by atoms with van der Waals surface area (Å²) in [6.45, 7) is 4.05. The minimum absolute atomic E-state index is 0.660. The topological polar surface area (TPSA) is 30.0 Å². The van der Waals surface area contributed by atoms with Crippen LogP contribution in [0.25, 0.3) is 0 Å². The molecular formula is C14H12BrNOS. The molecule has 0 atom stereocenters. The fourth-order valence-corrected chi connectivity index (χ4v) is 3.26. The molecule has 2 rings (SSSR count). The number of carbonyl (C=O) groups is 1. The Balaban J connectivity index is 2.28. The SMILES string of the molecule is Cc1cc(C)nc(Sc2ccc(C=O)c(Br)c2)c1. The molecule has 0 radical (unpaired) electrons. The maximum Gasteiger partial charge on any atom is 0.151 e. The van der Waals surface area contributed by atoms with E-state index in [1.807, 2.05) is 25.1 Å². The summed E-state index contributed by atoms with van der Waals surface area (Å²) in [4.78, 5) is 16.3. The second-order valence-corrected chi connectivity index (χ2v) is 5.98. The van der Waals surface area contributed by atoms with Crippen LogP contribution in [0.15, 0.2) is 44.7 Å². The van der Waals surface area contributed by atoms with Gasteiger partial charge in [0.25, 0.3) is 0 Å². The summed E-state index contributed by atoms with van der Waals surface area (Å²) in [7, 11) is 0. The standard InChI is InChI=1S/C14H12BrNOS/c1-9-5-10(2)16-14(6-9)18-12-4-3-11(8-17)13(15)7-12/h3-8H,1-2H3. The quantitative estimate of drug-likeness (QED) is 0.783. The monoisotopic (exact) mass is 321 g/mol. The van der Waals surface area contributed by atoms with Gasteiger partial charge in [-0.1, -0.05) is 27.7 Å². The van der Waals surface area contributed by atoms with E-state index < -0.39 is 0 Å². The molecule has 92 valence electrons. The predicted molar refractivity (Wildman–Crippen MR) is 77.4 cm³/mol. The first-order valence-corrected chi connectivity index (χ1v) is 7.07. The Bertz CT molecular complexity index is 578. The molecule has 2 nitrogen and oxygen atoms in total. The average Bonchev–Trinajstić information content (AvgIpc) is 2.27. The van der Waals surface area contributed by atoms with E-state index in [1.165, 1.54) is 5.56 Å². The second-order valence-electron chi connectivity index (χ2n) is 4.03. The Morgan fingerprint density at radius 2 is 2.00 bits per heavy atom. The molecule has 0 aliphatic rings. The van der Waals surface area contributed by atoms with Crippen LogP contribution in [0.4, 0.5) is 0 Å². The Hall–Kier alpha value is -1.13. The molecular weight excluding hydrogens is 310 g/mol. The number of nitrogens with zero attached hydrogens (tertiary/aromatic N) is 1. The van der Waals surface area contributed by atoms with Gasteiger partial charge in [-0.05, 0) is 49.7 Å². The van der Waals surface area contributed by atoms with Crippen molar-refractivity contribution in [1.29, 1.82) is 0 Å². The van der Waals surface area contributed by atoms with Crippen molar-refractivity contribution in [1.82, 2.24) is 4.98 Å². The number of halogens is 1. The molecule has 1 heterocycles. The van der Waals surface area contributed by atoms with Crippen LogP contribution in [0, 0.1) is 13.8 Å². The van der Waals surface area contributed by atoms with Crippen molar-refractivity contribution >= 4 is 34.0 Å². The van der Waals surface area contributed by atoms with Crippen molar-refractivity contribution in [2.45, 2.75) is 23.8 Å². The molecule has 0 aliphatic carbocycles. The number of hydrogen-bond acceptors (Lipinski definition) is 3.